The summed E-state index contributed by atoms with van der Waals surface area (Å²) in [5.41, 5.74) is -0.192. The van der Waals surface area contributed by atoms with Crippen LogP contribution in [0, 0.1) is 5.92 Å². The third kappa shape index (κ3) is 7.31. The zero-order valence-corrected chi connectivity index (χ0v) is 14.5. The van der Waals surface area contributed by atoms with Crippen molar-refractivity contribution in [1.29, 1.82) is 0 Å². The molecule has 0 fully saturated rings. The molecule has 2 nitrogen and oxygen atoms in total. The van der Waals surface area contributed by atoms with Gasteiger partial charge in [0.05, 0.1) is 5.92 Å². The molecule has 0 amide bonds. The molecule has 0 heterocycles. The van der Waals surface area contributed by atoms with Gasteiger partial charge in [0, 0.05) is 0 Å². The molecule has 0 saturated carbocycles. The molecule has 20 heavy (non-hydrogen) atoms. The van der Waals surface area contributed by atoms with E-state index in [0.29, 0.717) is 0 Å². The van der Waals surface area contributed by atoms with E-state index in [1.165, 1.54) is 19.3 Å². The van der Waals surface area contributed by atoms with Crippen LogP contribution in [0.5, 0.6) is 0 Å². The van der Waals surface area contributed by atoms with Gasteiger partial charge in [-0.2, -0.15) is 0 Å². The molecular weight excluding hydrogens is 248 g/mol. The molecule has 0 aliphatic carbocycles. The smallest absolute Gasteiger partial charge is 0.309 e. The lowest BCUT2D eigenvalue weighted by Crippen LogP contribution is -2.37. The van der Waals surface area contributed by atoms with Crippen molar-refractivity contribution < 1.29 is 9.53 Å². The Balaban J connectivity index is 4.86. The lowest BCUT2D eigenvalue weighted by Gasteiger charge is -2.35. The number of hydrogen-bond donors (Lipinski definition) is 0. The van der Waals surface area contributed by atoms with Crippen molar-refractivity contribution in [2.24, 2.45) is 5.92 Å². The molecule has 0 aliphatic heterocycles. The largest absolute Gasteiger partial charge is 0.459 e. The molecule has 0 aliphatic rings. The van der Waals surface area contributed by atoms with Crippen LogP contribution in [0.2, 0.25) is 0 Å². The summed E-state index contributed by atoms with van der Waals surface area (Å²) in [5, 5.41) is 0. The summed E-state index contributed by atoms with van der Waals surface area (Å²) in [6, 6.07) is 0. The van der Waals surface area contributed by atoms with Crippen molar-refractivity contribution in [2.45, 2.75) is 104 Å². The van der Waals surface area contributed by atoms with Crippen molar-refractivity contribution in [3.63, 3.8) is 0 Å². The zero-order valence-electron chi connectivity index (χ0n) is 14.5. The minimum atomic E-state index is -0.192. The zero-order chi connectivity index (χ0) is 15.4. The minimum Gasteiger partial charge on any atom is -0.459 e. The summed E-state index contributed by atoms with van der Waals surface area (Å²) in [7, 11) is 0. The predicted octanol–water partition coefficient (Wildman–Crippen LogP) is 5.89. The maximum absolute atomic E-state index is 12.3. The molecule has 0 aromatic heterocycles. The van der Waals surface area contributed by atoms with Crippen molar-refractivity contribution in [3.05, 3.63) is 0 Å². The van der Waals surface area contributed by atoms with Gasteiger partial charge in [0.2, 0.25) is 0 Å². The second-order valence-corrected chi connectivity index (χ2v) is 6.22. The normalized spacial score (nSPS) is 13.2. The highest BCUT2D eigenvalue weighted by molar-refractivity contribution is 5.72. The van der Waals surface area contributed by atoms with E-state index in [2.05, 4.69) is 27.7 Å². The SMILES string of the molecule is CCCCC(CCCC)(CCCC)OC(=O)C(C)CC. The first-order chi connectivity index (χ1) is 9.55. The topological polar surface area (TPSA) is 26.3 Å². The maximum atomic E-state index is 12.3. The Hall–Kier alpha value is -0.530. The third-order valence-electron chi connectivity index (χ3n) is 4.29. The number of ether oxygens (including phenoxy) is 1. The first kappa shape index (κ1) is 19.5. The molecule has 2 heteroatoms. The highest BCUT2D eigenvalue weighted by Gasteiger charge is 2.33. The summed E-state index contributed by atoms with van der Waals surface area (Å²) in [6.45, 7) is 10.7. The highest BCUT2D eigenvalue weighted by Crippen LogP contribution is 2.32. The summed E-state index contributed by atoms with van der Waals surface area (Å²) >= 11 is 0. The van der Waals surface area contributed by atoms with Gasteiger partial charge in [0.25, 0.3) is 0 Å². The van der Waals surface area contributed by atoms with Crippen molar-refractivity contribution in [3.8, 4) is 0 Å². The van der Waals surface area contributed by atoms with E-state index in [4.69, 9.17) is 4.74 Å². The van der Waals surface area contributed by atoms with Crippen molar-refractivity contribution in [2.75, 3.05) is 0 Å². The standard InChI is InChI=1S/C18H36O2/c1-6-10-13-18(14-11-7-2,15-12-8-3)20-17(19)16(5)9-4/h16H,6-15H2,1-5H3. The van der Waals surface area contributed by atoms with Crippen molar-refractivity contribution >= 4 is 5.97 Å². The third-order valence-corrected chi connectivity index (χ3v) is 4.29. The van der Waals surface area contributed by atoms with Crippen LogP contribution in [-0.2, 0) is 9.53 Å². The molecule has 0 spiro atoms. The highest BCUT2D eigenvalue weighted by atomic mass is 16.6. The first-order valence-corrected chi connectivity index (χ1v) is 8.78. The number of carbonyl (C=O) groups excluding carboxylic acids is 1. The van der Waals surface area contributed by atoms with Gasteiger partial charge >= 0.3 is 5.97 Å². The quantitative estimate of drug-likeness (QED) is 0.418. The summed E-state index contributed by atoms with van der Waals surface area (Å²) in [5.74, 6) is 0.0371. The van der Waals surface area contributed by atoms with Crippen LogP contribution in [-0.4, -0.2) is 11.6 Å². The number of carbonyl (C=O) groups is 1. The molecule has 0 aromatic rings. The van der Waals surface area contributed by atoms with Crippen LogP contribution in [0.15, 0.2) is 0 Å². The van der Waals surface area contributed by atoms with Crippen LogP contribution in [0.3, 0.4) is 0 Å². The molecule has 0 N–H and O–H groups in total. The van der Waals surface area contributed by atoms with Crippen molar-refractivity contribution in [1.82, 2.24) is 0 Å². The van der Waals surface area contributed by atoms with E-state index in [1.807, 2.05) is 6.92 Å². The summed E-state index contributed by atoms with van der Waals surface area (Å²) in [4.78, 5) is 12.3. The Kier molecular flexibility index (Phi) is 10.9. The van der Waals surface area contributed by atoms with Gasteiger partial charge in [-0.15, -0.1) is 0 Å². The van der Waals surface area contributed by atoms with Gasteiger partial charge in [0.15, 0.2) is 0 Å². The van der Waals surface area contributed by atoms with Gasteiger partial charge in [0.1, 0.15) is 5.60 Å². The average molecular weight is 284 g/mol. The van der Waals surface area contributed by atoms with E-state index in [0.717, 1.165) is 44.9 Å². The van der Waals surface area contributed by atoms with Crippen LogP contribution in [0.1, 0.15) is 98.8 Å². The van der Waals surface area contributed by atoms with Crippen LogP contribution in [0.4, 0.5) is 0 Å². The maximum Gasteiger partial charge on any atom is 0.309 e. The second kappa shape index (κ2) is 11.2. The Morgan fingerprint density at radius 2 is 1.30 bits per heavy atom. The van der Waals surface area contributed by atoms with Gasteiger partial charge in [-0.3, -0.25) is 4.79 Å². The number of unbranched alkanes of at least 4 members (excludes halogenated alkanes) is 3. The van der Waals surface area contributed by atoms with Crippen LogP contribution >= 0.6 is 0 Å². The lowest BCUT2D eigenvalue weighted by atomic mass is 9.85. The second-order valence-electron chi connectivity index (χ2n) is 6.22. The minimum absolute atomic E-state index is 0.0100. The van der Waals surface area contributed by atoms with E-state index in [-0.39, 0.29) is 17.5 Å². The molecule has 0 rings (SSSR count). The number of rotatable bonds is 12. The molecule has 0 aromatic carbocycles. The Morgan fingerprint density at radius 1 is 0.900 bits per heavy atom. The van der Waals surface area contributed by atoms with E-state index >= 15 is 0 Å². The Bertz CT molecular complexity index is 226. The van der Waals surface area contributed by atoms with E-state index in [1.54, 1.807) is 0 Å². The van der Waals surface area contributed by atoms with Gasteiger partial charge in [-0.1, -0.05) is 53.9 Å². The lowest BCUT2D eigenvalue weighted by molar-refractivity contribution is -0.167. The molecule has 0 radical (unpaired) electrons. The Labute approximate surface area is 126 Å². The van der Waals surface area contributed by atoms with E-state index < -0.39 is 0 Å². The Morgan fingerprint density at radius 3 is 1.60 bits per heavy atom. The van der Waals surface area contributed by atoms with Gasteiger partial charge < -0.3 is 4.74 Å². The predicted molar refractivity (Wildman–Crippen MR) is 86.9 cm³/mol. The molecule has 1 unspecified atom stereocenters. The number of esters is 1. The first-order valence-electron chi connectivity index (χ1n) is 8.78. The average Bonchev–Trinajstić information content (AvgIpc) is 2.47. The molecular formula is C18H36O2. The summed E-state index contributed by atoms with van der Waals surface area (Å²) in [6.07, 6.45) is 10.9. The molecule has 0 bridgehead atoms. The fraction of sp³-hybridized carbons (Fsp3) is 0.944. The van der Waals surface area contributed by atoms with Crippen LogP contribution < -0.4 is 0 Å². The molecule has 0 saturated heterocycles. The van der Waals surface area contributed by atoms with Crippen LogP contribution in [0.25, 0.3) is 0 Å². The molecule has 120 valence electrons. The summed E-state index contributed by atoms with van der Waals surface area (Å²) < 4.78 is 6.06. The number of hydrogen-bond acceptors (Lipinski definition) is 2. The fourth-order valence-electron chi connectivity index (χ4n) is 2.51. The fourth-order valence-corrected chi connectivity index (χ4v) is 2.51. The van der Waals surface area contributed by atoms with E-state index in [9.17, 15) is 4.79 Å². The van der Waals surface area contributed by atoms with Gasteiger partial charge in [-0.25, -0.2) is 0 Å². The monoisotopic (exact) mass is 284 g/mol. The van der Waals surface area contributed by atoms with Gasteiger partial charge in [-0.05, 0) is 44.9 Å². The molecule has 1 atom stereocenters.